The van der Waals surface area contributed by atoms with E-state index in [1.807, 2.05) is 0 Å². The van der Waals surface area contributed by atoms with Crippen molar-refractivity contribution >= 4 is 69.9 Å². The Morgan fingerprint density at radius 1 is 0.417 bits per heavy atom. The second kappa shape index (κ2) is 64.0. The summed E-state index contributed by atoms with van der Waals surface area (Å²) < 4.78 is 236. The average Bonchev–Trinajstić information content (AvgIpc) is 0.812. The number of fused-ring (bicyclic) bond motifs is 1. The number of aliphatic hydroxyl groups is 6. The number of hydrazone groups is 1. The SMILES string of the molecule is C[C@@H]1O[C@H](COCCOCCOCCOCCNC(=O)CCOCC(COCCC(=O)NCCOCCOCCOCCOC[C@H]2O[C@@H](C)[C@H](NC(=O)C(F)(F)F)[C@@H](O)[C@H]2O)(COCCC(=O)NCCOCCOCCOCCOC[C@H]2O[C@@H](C)[C@H](NC(=O)C(F)(F)F)[C@@H](O)[C@H]2O)NC(=O)CCCOc2ccc3nc(C(C=Nc4ccc(O)c(F)c4)=NN)ccc3c2)[C@H](O)[C@H](O)[C@H]1NC(=O)C(F)(F)F. The second-order valence-corrected chi connectivity index (χ2v) is 31.5. The van der Waals surface area contributed by atoms with Crippen LogP contribution in [0.2, 0.25) is 0 Å². The van der Waals surface area contributed by atoms with Gasteiger partial charge in [0, 0.05) is 56.8 Å². The molecule has 1 aromatic heterocycles. The summed E-state index contributed by atoms with van der Waals surface area (Å²) in [4.78, 5) is 96.5. The largest absolute Gasteiger partial charge is 0.505 e. The molecule has 16 N–H and O–H groups in total. The van der Waals surface area contributed by atoms with Gasteiger partial charge in [-0.1, -0.05) is 6.07 Å². The van der Waals surface area contributed by atoms with Gasteiger partial charge >= 0.3 is 36.3 Å². The number of phenolic OH excluding ortho intramolecular Hbond substituents is 1. The number of nitrogens with two attached hydrogens (primary N) is 1. The van der Waals surface area contributed by atoms with Gasteiger partial charge in [0.1, 0.15) is 71.9 Å². The number of alkyl halides is 9. The van der Waals surface area contributed by atoms with Gasteiger partial charge in [-0.25, -0.2) is 9.37 Å². The first-order valence-corrected chi connectivity index (χ1v) is 44.6. The second-order valence-electron chi connectivity index (χ2n) is 31.5. The summed E-state index contributed by atoms with van der Waals surface area (Å²) in [6.07, 6.45) is -31.7. The van der Waals surface area contributed by atoms with E-state index in [1.165, 1.54) is 33.1 Å². The summed E-state index contributed by atoms with van der Waals surface area (Å²) in [5.41, 5.74) is -0.338. The average molecular weight is 2020 g/mol. The minimum Gasteiger partial charge on any atom is -0.505 e. The molecular weight excluding hydrogens is 1890 g/mol. The van der Waals surface area contributed by atoms with Crippen LogP contribution in [0.15, 0.2) is 58.6 Å². The van der Waals surface area contributed by atoms with Gasteiger partial charge in [-0.15, -0.1) is 0 Å². The molecule has 4 heterocycles. The summed E-state index contributed by atoms with van der Waals surface area (Å²) in [6, 6.07) is 7.42. The van der Waals surface area contributed by atoms with Gasteiger partial charge in [-0.05, 0) is 63.6 Å². The van der Waals surface area contributed by atoms with Crippen LogP contribution in [0.25, 0.3) is 10.9 Å². The number of aromatic nitrogens is 1. The van der Waals surface area contributed by atoms with Crippen molar-refractivity contribution in [1.82, 2.24) is 42.2 Å². The maximum absolute atomic E-state index is 14.2. The summed E-state index contributed by atoms with van der Waals surface area (Å²) in [7, 11) is 0. The van der Waals surface area contributed by atoms with E-state index in [-0.39, 0.29) is 268 Å². The molecule has 0 aliphatic carbocycles. The smallest absolute Gasteiger partial charge is 0.471 e. The molecule has 0 unspecified atom stereocenters. The van der Waals surface area contributed by atoms with E-state index in [2.05, 4.69) is 36.3 Å². The fraction of sp³-hybridized carbons (Fsp3) is 0.718. The molecule has 0 radical (unpaired) electrons. The maximum Gasteiger partial charge on any atom is 0.471 e. The van der Waals surface area contributed by atoms with Crippen LogP contribution in [0.3, 0.4) is 0 Å². The Morgan fingerprint density at radius 3 is 1.10 bits per heavy atom. The number of benzene rings is 2. The minimum atomic E-state index is -5.21. The first kappa shape index (κ1) is 119. The van der Waals surface area contributed by atoms with Crippen LogP contribution in [0.1, 0.15) is 58.6 Å². The molecule has 0 saturated carbocycles. The van der Waals surface area contributed by atoms with Crippen molar-refractivity contribution in [2.75, 3.05) is 224 Å². The number of nitrogens with one attached hydrogen (secondary N) is 7. The monoisotopic (exact) mass is 2020 g/mol. The number of ether oxygens (including phenoxy) is 19. The quantitative estimate of drug-likeness (QED) is 0.0102. The number of rotatable bonds is 69. The van der Waals surface area contributed by atoms with Crippen molar-refractivity contribution in [2.45, 2.75) is 168 Å². The molecular formula is C85H127F10N11O33. The minimum absolute atomic E-state index is 0.0164. The van der Waals surface area contributed by atoms with Crippen molar-refractivity contribution in [3.8, 4) is 11.5 Å². The van der Waals surface area contributed by atoms with Crippen LogP contribution >= 0.6 is 0 Å². The summed E-state index contributed by atoms with van der Waals surface area (Å²) in [5, 5.41) is 92.4. The van der Waals surface area contributed by atoms with Crippen molar-refractivity contribution in [1.29, 1.82) is 0 Å². The summed E-state index contributed by atoms with van der Waals surface area (Å²) in [6.45, 7) is 4.36. The molecule has 3 saturated heterocycles. The lowest BCUT2D eigenvalue weighted by Crippen LogP contribution is -2.64. The van der Waals surface area contributed by atoms with Crippen molar-refractivity contribution in [3.63, 3.8) is 0 Å². The van der Waals surface area contributed by atoms with Gasteiger partial charge in [0.15, 0.2) is 11.6 Å². The van der Waals surface area contributed by atoms with E-state index in [1.54, 1.807) is 46.3 Å². The molecule has 3 aliphatic rings. The standard InChI is InChI=1S/C85H127F10N11O33/c1-52-70(102-79(118)83(87,88)89)76(115)73(112)63(137-52)46-130-40-37-127-34-31-124-28-25-121-22-15-97-66(108)12-19-133-49-82(105-69(111)5-4-18-136-57-8-10-59-55(43-57)6-9-60(101-59)61(106-96)45-100-56-7-11-62(107)58(86)44-56,50-134-20-13-67(109)98-16-23-122-26-29-125-32-35-128-38-41-131-47-64-74(113)77(116)71(53(2)138-64)103-80(119)84(90,91)92)51-135-21-14-68(110)99-17-24-123-27-30-126-33-36-129-39-42-132-48-65-75(114)78(117)72(54(3)139-65)104-81(120)85(93,94)95/h6-11,43-45,52-54,63-65,70-78,107,112-117H,4-5,12-42,46-51,96H2,1-3H3,(H,97,108)(H,98,109)(H,99,110)(H,102,118)(H,103,119)(H,104,120)(H,105,111)/t52-,53-,54-,63+,64+,65+,70-,71-,72-,73-,74-,75-,76+,77+,78+/m0/s1. The summed E-state index contributed by atoms with van der Waals surface area (Å²) in [5.74, 6) is -4.02. The number of aliphatic imine (C=N–C) groups is 1. The van der Waals surface area contributed by atoms with Crippen LogP contribution in [-0.2, 0) is 119 Å². The van der Waals surface area contributed by atoms with E-state index >= 15 is 0 Å². The summed E-state index contributed by atoms with van der Waals surface area (Å²) >= 11 is 0. The van der Waals surface area contributed by atoms with Gasteiger partial charge in [0.25, 0.3) is 0 Å². The number of hydrogen-bond acceptors (Lipinski definition) is 37. The molecule has 15 atom stereocenters. The van der Waals surface area contributed by atoms with Crippen LogP contribution in [0.5, 0.6) is 11.5 Å². The highest BCUT2D eigenvalue weighted by atomic mass is 19.4. The van der Waals surface area contributed by atoms with Crippen molar-refractivity contribution < 1.29 is 203 Å². The molecule has 2 aromatic carbocycles. The van der Waals surface area contributed by atoms with Gasteiger partial charge in [-0.2, -0.15) is 44.6 Å². The van der Waals surface area contributed by atoms with E-state index in [9.17, 15) is 113 Å². The number of pyridine rings is 1. The molecule has 790 valence electrons. The van der Waals surface area contributed by atoms with Crippen LogP contribution in [-0.4, -0.2) is 434 Å². The van der Waals surface area contributed by atoms with Gasteiger partial charge in [0.05, 0.1) is 264 Å². The number of aliphatic hydroxyl groups excluding tert-OH is 6. The number of amides is 7. The van der Waals surface area contributed by atoms with Gasteiger partial charge in [-0.3, -0.25) is 38.6 Å². The van der Waals surface area contributed by atoms with Crippen LogP contribution in [0.4, 0.5) is 49.6 Å². The van der Waals surface area contributed by atoms with Gasteiger partial charge < -0.3 is 169 Å². The third-order valence-corrected chi connectivity index (χ3v) is 20.7. The zero-order chi connectivity index (χ0) is 102. The van der Waals surface area contributed by atoms with Gasteiger partial charge in [0.2, 0.25) is 23.6 Å². The fourth-order valence-corrected chi connectivity index (χ4v) is 13.3. The topological polar surface area (TPSA) is 584 Å². The van der Waals surface area contributed by atoms with Crippen LogP contribution in [0, 0.1) is 5.82 Å². The first-order valence-electron chi connectivity index (χ1n) is 44.6. The Morgan fingerprint density at radius 2 is 0.763 bits per heavy atom. The van der Waals surface area contributed by atoms with Crippen molar-refractivity contribution in [3.05, 3.63) is 60.0 Å². The Balaban J connectivity index is 0.954. The number of aromatic hydroxyl groups is 1. The van der Waals surface area contributed by atoms with E-state index in [0.29, 0.717) is 22.3 Å². The molecule has 54 heteroatoms. The molecule has 7 amide bonds. The Hall–Kier alpha value is -8.78. The molecule has 3 aromatic rings. The Bertz CT molecular complexity index is 3910. The van der Waals surface area contributed by atoms with Crippen molar-refractivity contribution in [2.24, 2.45) is 15.9 Å². The van der Waals surface area contributed by atoms with E-state index in [4.69, 9.17) is 95.8 Å². The lowest BCUT2D eigenvalue weighted by atomic mass is 9.93. The highest BCUT2D eigenvalue weighted by molar-refractivity contribution is 6.38. The normalized spacial score (nSPS) is 22.2. The fourth-order valence-electron chi connectivity index (χ4n) is 13.3. The Kier molecular flexibility index (Phi) is 54.7. The van der Waals surface area contributed by atoms with E-state index < -0.39 is 168 Å². The molecule has 44 nitrogen and oxygen atoms in total. The number of halogens is 10. The maximum atomic E-state index is 14.2. The molecule has 139 heavy (non-hydrogen) atoms. The molecule has 0 spiro atoms. The predicted molar refractivity (Wildman–Crippen MR) is 462 cm³/mol. The number of hydrogen-bond donors (Lipinski definition) is 15. The van der Waals surface area contributed by atoms with Crippen LogP contribution < -0.4 is 47.8 Å². The predicted octanol–water partition coefficient (Wildman–Crippen LogP) is -1.40. The number of nitrogens with zero attached hydrogens (tertiary/aromatic N) is 3. The lowest BCUT2D eigenvalue weighted by Gasteiger charge is -2.41. The number of carbonyl (C=O) groups is 7. The Labute approximate surface area is 792 Å². The highest BCUT2D eigenvalue weighted by Gasteiger charge is 2.51. The number of phenols is 1. The molecule has 0 bridgehead atoms. The third-order valence-electron chi connectivity index (χ3n) is 20.7. The van der Waals surface area contributed by atoms with E-state index in [0.717, 1.165) is 12.1 Å². The zero-order valence-corrected chi connectivity index (χ0v) is 76.9. The lowest BCUT2D eigenvalue weighted by molar-refractivity contribution is -0.204. The molecule has 3 fully saturated rings. The molecule has 6 rings (SSSR count). The zero-order valence-electron chi connectivity index (χ0n) is 76.9. The first-order chi connectivity index (χ1) is 66.3. The highest BCUT2D eigenvalue weighted by Crippen LogP contribution is 2.30. The molecule has 3 aliphatic heterocycles. The third kappa shape index (κ3) is 45.6. The number of carbonyl (C=O) groups excluding carboxylic acids is 7.